The lowest BCUT2D eigenvalue weighted by Crippen LogP contribution is -2.13. The van der Waals surface area contributed by atoms with Crippen LogP contribution in [-0.4, -0.2) is 21.2 Å². The lowest BCUT2D eigenvalue weighted by atomic mass is 9.96. The highest BCUT2D eigenvalue weighted by atomic mass is 16.5. The molecule has 1 aromatic heterocycles. The van der Waals surface area contributed by atoms with E-state index < -0.39 is 5.97 Å². The second-order valence-corrected chi connectivity index (χ2v) is 4.99. The molecule has 1 N–H and O–H groups in total. The van der Waals surface area contributed by atoms with Crippen LogP contribution in [0.2, 0.25) is 0 Å². The first-order valence-corrected chi connectivity index (χ1v) is 4.96. The zero-order chi connectivity index (χ0) is 11.2. The second kappa shape index (κ2) is 3.05. The molecule has 1 aliphatic carbocycles. The molecule has 0 amide bonds. The van der Waals surface area contributed by atoms with Gasteiger partial charge in [0.2, 0.25) is 5.89 Å². The van der Waals surface area contributed by atoms with E-state index in [2.05, 4.69) is 10.1 Å². The number of aromatic nitrogens is 2. The highest BCUT2D eigenvalue weighted by Crippen LogP contribution is 2.47. The van der Waals surface area contributed by atoms with Gasteiger partial charge in [-0.2, -0.15) is 4.98 Å². The molecule has 1 fully saturated rings. The quantitative estimate of drug-likeness (QED) is 0.801. The van der Waals surface area contributed by atoms with Crippen molar-refractivity contribution in [2.24, 2.45) is 5.92 Å². The third-order valence-corrected chi connectivity index (χ3v) is 2.54. The number of nitrogens with zero attached hydrogens (tertiary/aromatic N) is 2. The lowest BCUT2D eigenvalue weighted by Gasteiger charge is -2.10. The van der Waals surface area contributed by atoms with Crippen molar-refractivity contribution in [3.05, 3.63) is 11.7 Å². The molecule has 2 rings (SSSR count). The Bertz CT molecular complexity index is 392. The van der Waals surface area contributed by atoms with Crippen molar-refractivity contribution in [1.29, 1.82) is 0 Å². The lowest BCUT2D eigenvalue weighted by molar-refractivity contribution is -0.138. The van der Waals surface area contributed by atoms with E-state index in [1.807, 2.05) is 20.8 Å². The molecule has 0 aromatic carbocycles. The fourth-order valence-electron chi connectivity index (χ4n) is 1.43. The van der Waals surface area contributed by atoms with E-state index in [9.17, 15) is 4.79 Å². The summed E-state index contributed by atoms with van der Waals surface area (Å²) in [5, 5.41) is 12.6. The van der Waals surface area contributed by atoms with Crippen LogP contribution in [-0.2, 0) is 10.2 Å². The first-order chi connectivity index (χ1) is 6.89. The Kier molecular flexibility index (Phi) is 2.06. The zero-order valence-corrected chi connectivity index (χ0v) is 9.02. The highest BCUT2D eigenvalue weighted by molar-refractivity contribution is 5.74. The first-order valence-electron chi connectivity index (χ1n) is 4.96. The van der Waals surface area contributed by atoms with Crippen LogP contribution in [0.15, 0.2) is 4.52 Å². The minimum absolute atomic E-state index is 0.0777. The predicted molar refractivity (Wildman–Crippen MR) is 51.5 cm³/mol. The molecular weight excluding hydrogens is 196 g/mol. The van der Waals surface area contributed by atoms with E-state index in [0.717, 1.165) is 0 Å². The van der Waals surface area contributed by atoms with Gasteiger partial charge in [-0.1, -0.05) is 25.9 Å². The van der Waals surface area contributed by atoms with Gasteiger partial charge in [0, 0.05) is 5.41 Å². The van der Waals surface area contributed by atoms with Crippen molar-refractivity contribution in [2.45, 2.75) is 38.5 Å². The Morgan fingerprint density at radius 2 is 2.20 bits per heavy atom. The summed E-state index contributed by atoms with van der Waals surface area (Å²) in [4.78, 5) is 14.9. The van der Waals surface area contributed by atoms with Gasteiger partial charge in [0.15, 0.2) is 5.82 Å². The fourth-order valence-corrected chi connectivity index (χ4v) is 1.43. The van der Waals surface area contributed by atoms with Crippen molar-refractivity contribution in [2.75, 3.05) is 0 Å². The number of carboxylic acid groups (broad SMARTS) is 1. The molecule has 0 spiro atoms. The molecule has 2 atom stereocenters. The summed E-state index contributed by atoms with van der Waals surface area (Å²) in [7, 11) is 0. The van der Waals surface area contributed by atoms with Crippen molar-refractivity contribution in [3.8, 4) is 0 Å². The van der Waals surface area contributed by atoms with Gasteiger partial charge >= 0.3 is 5.97 Å². The standard InChI is InChI=1S/C10H14N2O3/c1-10(2,3)9-11-7(15-12-9)5-4-6(5)8(13)14/h5-6H,4H2,1-3H3,(H,13,14). The van der Waals surface area contributed by atoms with Crippen LogP contribution in [0.1, 0.15) is 44.8 Å². The Hall–Kier alpha value is -1.39. The van der Waals surface area contributed by atoms with Crippen molar-refractivity contribution in [1.82, 2.24) is 10.1 Å². The van der Waals surface area contributed by atoms with E-state index in [1.54, 1.807) is 0 Å². The third kappa shape index (κ3) is 1.86. The molecule has 1 aromatic rings. The Morgan fingerprint density at radius 3 is 2.60 bits per heavy atom. The topological polar surface area (TPSA) is 76.2 Å². The molecule has 0 radical (unpaired) electrons. The molecule has 2 unspecified atom stereocenters. The fraction of sp³-hybridized carbons (Fsp3) is 0.700. The maximum Gasteiger partial charge on any atom is 0.307 e. The molecule has 5 nitrogen and oxygen atoms in total. The summed E-state index contributed by atoms with van der Waals surface area (Å²) in [5.41, 5.74) is -0.157. The zero-order valence-electron chi connectivity index (χ0n) is 9.02. The summed E-state index contributed by atoms with van der Waals surface area (Å²) < 4.78 is 5.07. The molecule has 15 heavy (non-hydrogen) atoms. The van der Waals surface area contributed by atoms with Crippen LogP contribution in [0.25, 0.3) is 0 Å². The number of carboxylic acids is 1. The Labute approximate surface area is 87.5 Å². The van der Waals surface area contributed by atoms with E-state index in [-0.39, 0.29) is 17.3 Å². The number of aliphatic carboxylic acids is 1. The SMILES string of the molecule is CC(C)(C)c1noc(C2CC2C(=O)O)n1. The summed E-state index contributed by atoms with van der Waals surface area (Å²) in [5.74, 6) is -0.0965. The largest absolute Gasteiger partial charge is 0.481 e. The van der Waals surface area contributed by atoms with Gasteiger partial charge in [0.25, 0.3) is 0 Å². The predicted octanol–water partition coefficient (Wildman–Crippen LogP) is 1.56. The van der Waals surface area contributed by atoms with Crippen molar-refractivity contribution < 1.29 is 14.4 Å². The minimum Gasteiger partial charge on any atom is -0.481 e. The van der Waals surface area contributed by atoms with E-state index in [1.165, 1.54) is 0 Å². The molecule has 1 aliphatic rings. The molecule has 0 aliphatic heterocycles. The maximum absolute atomic E-state index is 10.7. The van der Waals surface area contributed by atoms with Crippen LogP contribution in [0.5, 0.6) is 0 Å². The molecule has 0 saturated heterocycles. The van der Waals surface area contributed by atoms with E-state index in [0.29, 0.717) is 18.1 Å². The average molecular weight is 210 g/mol. The first kappa shape index (κ1) is 10.1. The molecule has 82 valence electrons. The van der Waals surface area contributed by atoms with Crippen LogP contribution in [0.3, 0.4) is 0 Å². The normalized spacial score (nSPS) is 25.3. The molecule has 0 bridgehead atoms. The maximum atomic E-state index is 10.7. The Morgan fingerprint density at radius 1 is 1.53 bits per heavy atom. The molecule has 1 saturated carbocycles. The van der Waals surface area contributed by atoms with Crippen LogP contribution in [0, 0.1) is 5.92 Å². The summed E-state index contributed by atoms with van der Waals surface area (Å²) >= 11 is 0. The van der Waals surface area contributed by atoms with Gasteiger partial charge in [-0.3, -0.25) is 4.79 Å². The van der Waals surface area contributed by atoms with Gasteiger partial charge in [-0.05, 0) is 6.42 Å². The highest BCUT2D eigenvalue weighted by Gasteiger charge is 2.48. The number of rotatable bonds is 2. The van der Waals surface area contributed by atoms with Gasteiger partial charge in [-0.15, -0.1) is 0 Å². The van der Waals surface area contributed by atoms with Crippen LogP contribution >= 0.6 is 0 Å². The van der Waals surface area contributed by atoms with Crippen molar-refractivity contribution in [3.63, 3.8) is 0 Å². The van der Waals surface area contributed by atoms with Crippen LogP contribution in [0.4, 0.5) is 0 Å². The van der Waals surface area contributed by atoms with Gasteiger partial charge in [0.05, 0.1) is 11.8 Å². The third-order valence-electron chi connectivity index (χ3n) is 2.54. The van der Waals surface area contributed by atoms with Crippen LogP contribution < -0.4 is 0 Å². The summed E-state index contributed by atoms with van der Waals surface area (Å²) in [6.07, 6.45) is 0.612. The summed E-state index contributed by atoms with van der Waals surface area (Å²) in [6.45, 7) is 5.97. The monoisotopic (exact) mass is 210 g/mol. The van der Waals surface area contributed by atoms with Gasteiger partial charge < -0.3 is 9.63 Å². The van der Waals surface area contributed by atoms with E-state index >= 15 is 0 Å². The van der Waals surface area contributed by atoms with Gasteiger partial charge in [0.1, 0.15) is 0 Å². The molecular formula is C10H14N2O3. The molecule has 1 heterocycles. The molecule has 5 heteroatoms. The minimum atomic E-state index is -0.782. The average Bonchev–Trinajstić information content (AvgIpc) is 2.74. The van der Waals surface area contributed by atoms with Crippen molar-refractivity contribution >= 4 is 5.97 Å². The number of hydrogen-bond donors (Lipinski definition) is 1. The summed E-state index contributed by atoms with van der Waals surface area (Å²) in [6, 6.07) is 0. The Balaban J connectivity index is 2.13. The number of carbonyl (C=O) groups is 1. The van der Waals surface area contributed by atoms with E-state index in [4.69, 9.17) is 9.63 Å². The smallest absolute Gasteiger partial charge is 0.307 e. The second-order valence-electron chi connectivity index (χ2n) is 4.99. The van der Waals surface area contributed by atoms with Gasteiger partial charge in [-0.25, -0.2) is 0 Å². The number of hydrogen-bond acceptors (Lipinski definition) is 4.